The molecular weight excluding hydrogens is 408 g/mol. The average Bonchev–Trinajstić information content (AvgIpc) is 3.13. The Hall–Kier alpha value is -4.06. The van der Waals surface area contributed by atoms with Crippen molar-refractivity contribution >= 4 is 17.8 Å². The predicted octanol–water partition coefficient (Wildman–Crippen LogP) is 4.99. The first kappa shape index (κ1) is 21.2. The lowest BCUT2D eigenvalue weighted by molar-refractivity contribution is -0.151. The van der Waals surface area contributed by atoms with Crippen LogP contribution in [0.1, 0.15) is 34.5 Å². The number of carbonyl (C=O) groups is 2. The van der Waals surface area contributed by atoms with E-state index in [0.717, 1.165) is 11.3 Å². The fourth-order valence-corrected chi connectivity index (χ4v) is 3.33. The van der Waals surface area contributed by atoms with Crippen LogP contribution in [0, 0.1) is 0 Å². The van der Waals surface area contributed by atoms with Crippen LogP contribution in [0.5, 0.6) is 17.2 Å². The van der Waals surface area contributed by atoms with Gasteiger partial charge in [-0.25, -0.2) is 4.79 Å². The van der Waals surface area contributed by atoms with Crippen LogP contribution in [0.4, 0.5) is 0 Å². The Bertz CT molecular complexity index is 1150. The molecule has 1 aliphatic heterocycles. The van der Waals surface area contributed by atoms with Crippen LogP contribution in [0.15, 0.2) is 78.6 Å². The molecule has 0 fully saturated rings. The topological polar surface area (TPSA) is 71.1 Å². The maximum atomic E-state index is 12.7. The van der Waals surface area contributed by atoms with Crippen molar-refractivity contribution in [2.45, 2.75) is 13.0 Å². The molecule has 1 aliphatic rings. The van der Waals surface area contributed by atoms with Gasteiger partial charge in [-0.2, -0.15) is 0 Å². The summed E-state index contributed by atoms with van der Waals surface area (Å²) in [6.07, 6.45) is 0.744. The number of esters is 1. The standard InChI is InChI=1S/C26H22O6/c1-3-30-26(28)25(18-7-5-4-6-8-18)31-20-13-14-21-22(16-20)32-23(24(21)27)15-17-9-11-19(29-2)12-10-17/h4-16,25H,3H2,1-2H3/b23-15-/t25-/m0/s1. The van der Waals surface area contributed by atoms with Gasteiger partial charge in [0.25, 0.3) is 0 Å². The molecule has 1 atom stereocenters. The number of ketones is 1. The van der Waals surface area contributed by atoms with Gasteiger partial charge in [-0.05, 0) is 42.8 Å². The fourth-order valence-electron chi connectivity index (χ4n) is 3.33. The normalized spacial score (nSPS) is 14.4. The highest BCUT2D eigenvalue weighted by Crippen LogP contribution is 2.36. The zero-order chi connectivity index (χ0) is 22.5. The lowest BCUT2D eigenvalue weighted by Gasteiger charge is -2.18. The highest BCUT2D eigenvalue weighted by atomic mass is 16.6. The minimum absolute atomic E-state index is 0.215. The summed E-state index contributed by atoms with van der Waals surface area (Å²) in [7, 11) is 1.59. The van der Waals surface area contributed by atoms with E-state index in [4.69, 9.17) is 18.9 Å². The third kappa shape index (κ3) is 4.49. The number of methoxy groups -OCH3 is 1. The molecule has 0 N–H and O–H groups in total. The Morgan fingerprint density at radius 2 is 1.72 bits per heavy atom. The number of hydrogen-bond acceptors (Lipinski definition) is 6. The third-order valence-electron chi connectivity index (χ3n) is 4.91. The maximum Gasteiger partial charge on any atom is 0.352 e. The van der Waals surface area contributed by atoms with E-state index in [1.54, 1.807) is 50.4 Å². The van der Waals surface area contributed by atoms with E-state index in [0.29, 0.717) is 22.6 Å². The van der Waals surface area contributed by atoms with Crippen LogP contribution in [0.2, 0.25) is 0 Å². The van der Waals surface area contributed by atoms with Crippen LogP contribution in [-0.4, -0.2) is 25.5 Å². The van der Waals surface area contributed by atoms with Gasteiger partial charge < -0.3 is 18.9 Å². The predicted molar refractivity (Wildman–Crippen MR) is 119 cm³/mol. The second-order valence-electron chi connectivity index (χ2n) is 7.03. The number of fused-ring (bicyclic) bond motifs is 1. The first-order chi connectivity index (χ1) is 15.6. The van der Waals surface area contributed by atoms with Gasteiger partial charge in [-0.1, -0.05) is 42.5 Å². The zero-order valence-corrected chi connectivity index (χ0v) is 17.7. The quantitative estimate of drug-likeness (QED) is 0.388. The lowest BCUT2D eigenvalue weighted by atomic mass is 10.1. The summed E-state index contributed by atoms with van der Waals surface area (Å²) in [5, 5.41) is 0. The van der Waals surface area contributed by atoms with E-state index in [1.807, 2.05) is 42.5 Å². The fraction of sp³-hybridized carbons (Fsp3) is 0.154. The van der Waals surface area contributed by atoms with Gasteiger partial charge in [0.15, 0.2) is 5.76 Å². The molecule has 0 saturated carbocycles. The molecule has 32 heavy (non-hydrogen) atoms. The van der Waals surface area contributed by atoms with Crippen molar-refractivity contribution < 1.29 is 28.5 Å². The molecule has 6 heteroatoms. The molecule has 0 radical (unpaired) electrons. The zero-order valence-electron chi connectivity index (χ0n) is 17.7. The molecule has 4 rings (SSSR count). The number of hydrogen-bond donors (Lipinski definition) is 0. The molecule has 6 nitrogen and oxygen atoms in total. The molecule has 0 aromatic heterocycles. The van der Waals surface area contributed by atoms with Gasteiger partial charge in [0.05, 0.1) is 19.3 Å². The summed E-state index contributed by atoms with van der Waals surface area (Å²) in [6.45, 7) is 1.98. The molecule has 0 unspecified atom stereocenters. The van der Waals surface area contributed by atoms with Crippen LogP contribution >= 0.6 is 0 Å². The van der Waals surface area contributed by atoms with Crippen molar-refractivity contribution in [1.82, 2.24) is 0 Å². The lowest BCUT2D eigenvalue weighted by Crippen LogP contribution is -2.21. The van der Waals surface area contributed by atoms with Crippen molar-refractivity contribution in [2.75, 3.05) is 13.7 Å². The van der Waals surface area contributed by atoms with Gasteiger partial charge in [0.2, 0.25) is 11.9 Å². The van der Waals surface area contributed by atoms with Crippen molar-refractivity contribution in [2.24, 2.45) is 0 Å². The largest absolute Gasteiger partial charge is 0.497 e. The smallest absolute Gasteiger partial charge is 0.352 e. The SMILES string of the molecule is CCOC(=O)[C@@H](Oc1ccc2c(c1)O/C(=C\c1ccc(OC)cc1)C2=O)c1ccccc1. The van der Waals surface area contributed by atoms with Gasteiger partial charge in [0.1, 0.15) is 17.2 Å². The highest BCUT2D eigenvalue weighted by Gasteiger charge is 2.29. The summed E-state index contributed by atoms with van der Waals surface area (Å²) in [6, 6.07) is 21.3. The maximum absolute atomic E-state index is 12.7. The van der Waals surface area contributed by atoms with E-state index in [-0.39, 0.29) is 18.1 Å². The molecule has 0 spiro atoms. The summed E-state index contributed by atoms with van der Waals surface area (Å²) in [5.74, 6) is 1.01. The molecule has 3 aromatic rings. The van der Waals surface area contributed by atoms with E-state index >= 15 is 0 Å². The van der Waals surface area contributed by atoms with E-state index < -0.39 is 12.1 Å². The first-order valence-electron chi connectivity index (χ1n) is 10.2. The molecule has 1 heterocycles. The number of carbonyl (C=O) groups excluding carboxylic acids is 2. The van der Waals surface area contributed by atoms with Gasteiger partial charge >= 0.3 is 5.97 Å². The number of ether oxygens (including phenoxy) is 4. The van der Waals surface area contributed by atoms with Crippen molar-refractivity contribution in [3.05, 3.63) is 95.2 Å². The molecule has 0 saturated heterocycles. The van der Waals surface area contributed by atoms with Crippen molar-refractivity contribution in [1.29, 1.82) is 0 Å². The molecule has 162 valence electrons. The second-order valence-corrected chi connectivity index (χ2v) is 7.03. The van der Waals surface area contributed by atoms with Crippen LogP contribution in [0.3, 0.4) is 0 Å². The molecule has 0 bridgehead atoms. The van der Waals surface area contributed by atoms with Crippen LogP contribution < -0.4 is 14.2 Å². The van der Waals surface area contributed by atoms with Crippen molar-refractivity contribution in [3.8, 4) is 17.2 Å². The van der Waals surface area contributed by atoms with Gasteiger partial charge in [-0.15, -0.1) is 0 Å². The highest BCUT2D eigenvalue weighted by molar-refractivity contribution is 6.14. The van der Waals surface area contributed by atoms with Crippen LogP contribution in [-0.2, 0) is 9.53 Å². The third-order valence-corrected chi connectivity index (χ3v) is 4.91. The van der Waals surface area contributed by atoms with E-state index in [2.05, 4.69) is 0 Å². The Balaban J connectivity index is 1.57. The Morgan fingerprint density at radius 3 is 2.41 bits per heavy atom. The van der Waals surface area contributed by atoms with Gasteiger partial charge in [0, 0.05) is 11.6 Å². The Labute approximate surface area is 186 Å². The molecular formula is C26H22O6. The van der Waals surface area contributed by atoms with Gasteiger partial charge in [-0.3, -0.25) is 4.79 Å². The van der Waals surface area contributed by atoms with Crippen molar-refractivity contribution in [3.63, 3.8) is 0 Å². The van der Waals surface area contributed by atoms with Crippen LogP contribution in [0.25, 0.3) is 6.08 Å². The summed E-state index contributed by atoms with van der Waals surface area (Å²) >= 11 is 0. The number of benzene rings is 3. The Kier molecular flexibility index (Phi) is 6.22. The molecule has 0 aliphatic carbocycles. The minimum Gasteiger partial charge on any atom is -0.497 e. The minimum atomic E-state index is -0.930. The summed E-state index contributed by atoms with van der Waals surface area (Å²) in [4.78, 5) is 25.2. The molecule has 3 aromatic carbocycles. The van der Waals surface area contributed by atoms with E-state index in [1.165, 1.54) is 0 Å². The number of allylic oxidation sites excluding steroid dienone is 1. The number of rotatable bonds is 7. The summed E-state index contributed by atoms with van der Waals surface area (Å²) in [5.41, 5.74) is 1.91. The monoisotopic (exact) mass is 430 g/mol. The second kappa shape index (κ2) is 9.39. The average molecular weight is 430 g/mol. The van der Waals surface area contributed by atoms with E-state index in [9.17, 15) is 9.59 Å². The number of Topliss-reactive ketones (excluding diaryl/α,β-unsaturated/α-hetero) is 1. The molecule has 0 amide bonds. The summed E-state index contributed by atoms with van der Waals surface area (Å²) < 4.78 is 22.1. The first-order valence-corrected chi connectivity index (χ1v) is 10.2. The Morgan fingerprint density at radius 1 is 1.00 bits per heavy atom.